The van der Waals surface area contributed by atoms with Crippen LogP contribution in [0.4, 0.5) is 0 Å². The molecule has 0 spiro atoms. The smallest absolute Gasteiger partial charge is 0.266 e. The van der Waals surface area contributed by atoms with Crippen molar-refractivity contribution in [2.45, 2.75) is 0 Å². The molecule has 0 radical (unpaired) electrons. The molecule has 1 saturated heterocycles. The molecule has 1 aliphatic heterocycles. The minimum absolute atomic E-state index is 0.302. The van der Waals surface area contributed by atoms with E-state index in [2.05, 4.69) is 5.43 Å². The highest BCUT2D eigenvalue weighted by atomic mass is 32.2. The normalized spacial score (nSPS) is 16.8. The summed E-state index contributed by atoms with van der Waals surface area (Å²) in [5.41, 5.74) is 2.55. The van der Waals surface area contributed by atoms with Crippen LogP contribution in [0.25, 0.3) is 6.08 Å². The van der Waals surface area contributed by atoms with Gasteiger partial charge in [-0.05, 0) is 41.2 Å². The number of nitrogens with one attached hydrogen (secondary N) is 1. The average Bonchev–Trinajstić information content (AvgIpc) is 3.18. The van der Waals surface area contributed by atoms with Gasteiger partial charge in [-0.15, -0.1) is 22.7 Å². The molecule has 2 aromatic heterocycles. The first-order valence-electron chi connectivity index (χ1n) is 5.81. The zero-order chi connectivity index (χ0) is 14.8. The lowest BCUT2D eigenvalue weighted by molar-refractivity contribution is -0.123. The Morgan fingerprint density at radius 2 is 2.00 bits per heavy atom. The maximum atomic E-state index is 12.3. The van der Waals surface area contributed by atoms with Crippen LogP contribution in [0.15, 0.2) is 39.9 Å². The Morgan fingerprint density at radius 1 is 1.24 bits per heavy atom. The number of carbonyl (C=O) groups excluding carboxylic acids is 2. The van der Waals surface area contributed by atoms with Gasteiger partial charge in [0.1, 0.15) is 0 Å². The van der Waals surface area contributed by atoms with Crippen LogP contribution >= 0.6 is 46.7 Å². The number of carbonyl (C=O) groups is 2. The highest BCUT2D eigenvalue weighted by Crippen LogP contribution is 2.32. The van der Waals surface area contributed by atoms with E-state index >= 15 is 0 Å². The summed E-state index contributed by atoms with van der Waals surface area (Å²) in [6, 6.07) is 7.30. The van der Waals surface area contributed by atoms with E-state index in [1.165, 1.54) is 34.4 Å². The Labute approximate surface area is 138 Å². The number of thiophene rings is 2. The van der Waals surface area contributed by atoms with Gasteiger partial charge < -0.3 is 0 Å². The molecule has 21 heavy (non-hydrogen) atoms. The fourth-order valence-electron chi connectivity index (χ4n) is 1.63. The van der Waals surface area contributed by atoms with Crippen LogP contribution in [-0.4, -0.2) is 21.1 Å². The second-order valence-corrected chi connectivity index (χ2v) is 7.55. The molecule has 3 heterocycles. The Hall–Kier alpha value is -1.48. The lowest BCUT2D eigenvalue weighted by atomic mass is 10.4. The van der Waals surface area contributed by atoms with Gasteiger partial charge in [-0.25, -0.2) is 0 Å². The lowest BCUT2D eigenvalue weighted by Gasteiger charge is -2.14. The highest BCUT2D eigenvalue weighted by Gasteiger charge is 2.33. The summed E-state index contributed by atoms with van der Waals surface area (Å²) >= 11 is 9.19. The number of nitrogens with zero attached hydrogens (tertiary/aromatic N) is 1. The van der Waals surface area contributed by atoms with Crippen molar-refractivity contribution in [2.24, 2.45) is 0 Å². The largest absolute Gasteiger partial charge is 0.285 e. The molecule has 0 bridgehead atoms. The molecule has 4 nitrogen and oxygen atoms in total. The van der Waals surface area contributed by atoms with E-state index in [0.717, 1.165) is 9.89 Å². The van der Waals surface area contributed by atoms with E-state index in [1.807, 2.05) is 17.5 Å². The summed E-state index contributed by atoms with van der Waals surface area (Å²) in [7, 11) is 0. The van der Waals surface area contributed by atoms with Crippen LogP contribution in [0.3, 0.4) is 0 Å². The predicted molar refractivity (Wildman–Crippen MR) is 91.1 cm³/mol. The standard InChI is InChI=1S/C13H8N2O2S4/c16-11(9-4-2-6-20-9)14-15-12(17)10(21-13(15)18)7-8-3-1-5-19-8/h1-7H,(H,14,16)/b10-7+. The SMILES string of the molecule is O=C(NN1C(=O)/C(=C\c2cccs2)SC1=S)c1cccs1. The summed E-state index contributed by atoms with van der Waals surface area (Å²) in [5, 5.41) is 4.86. The van der Waals surface area contributed by atoms with Gasteiger partial charge in [-0.2, -0.15) is 5.01 Å². The first kappa shape index (κ1) is 14.5. The molecule has 0 saturated carbocycles. The molecule has 1 fully saturated rings. The lowest BCUT2D eigenvalue weighted by Crippen LogP contribution is -2.44. The minimum Gasteiger partial charge on any atom is -0.266 e. The molecule has 3 rings (SSSR count). The first-order chi connectivity index (χ1) is 10.1. The monoisotopic (exact) mass is 352 g/mol. The molecule has 1 N–H and O–H groups in total. The van der Waals surface area contributed by atoms with Gasteiger partial charge in [-0.1, -0.05) is 23.9 Å². The minimum atomic E-state index is -0.335. The van der Waals surface area contributed by atoms with E-state index in [4.69, 9.17) is 12.2 Å². The van der Waals surface area contributed by atoms with Crippen molar-refractivity contribution in [1.82, 2.24) is 10.4 Å². The van der Waals surface area contributed by atoms with Gasteiger partial charge >= 0.3 is 0 Å². The highest BCUT2D eigenvalue weighted by molar-refractivity contribution is 8.26. The van der Waals surface area contributed by atoms with E-state index < -0.39 is 0 Å². The van der Waals surface area contributed by atoms with Crippen LogP contribution in [0.5, 0.6) is 0 Å². The summed E-state index contributed by atoms with van der Waals surface area (Å²) in [6.07, 6.45) is 1.78. The van der Waals surface area contributed by atoms with E-state index in [9.17, 15) is 9.59 Å². The van der Waals surface area contributed by atoms with Crippen molar-refractivity contribution in [3.63, 3.8) is 0 Å². The first-order valence-corrected chi connectivity index (χ1v) is 8.79. The van der Waals surface area contributed by atoms with Gasteiger partial charge in [0.15, 0.2) is 4.32 Å². The number of hydrogen-bond donors (Lipinski definition) is 1. The fourth-order valence-corrected chi connectivity index (χ4v) is 4.15. The second kappa shape index (κ2) is 6.10. The molecule has 0 unspecified atom stereocenters. The summed E-state index contributed by atoms with van der Waals surface area (Å²) < 4.78 is 0.327. The van der Waals surface area contributed by atoms with Gasteiger partial charge in [-0.3, -0.25) is 15.0 Å². The van der Waals surface area contributed by atoms with Crippen molar-refractivity contribution in [2.75, 3.05) is 0 Å². The van der Waals surface area contributed by atoms with Gasteiger partial charge in [0.2, 0.25) is 0 Å². The van der Waals surface area contributed by atoms with E-state index in [1.54, 1.807) is 23.6 Å². The zero-order valence-electron chi connectivity index (χ0n) is 10.4. The molecule has 0 aliphatic carbocycles. The quantitative estimate of drug-likeness (QED) is 0.680. The van der Waals surface area contributed by atoms with Gasteiger partial charge in [0.25, 0.3) is 11.8 Å². The molecule has 2 amide bonds. The third-order valence-corrected chi connectivity index (χ3v) is 5.56. The molecular formula is C13H8N2O2S4. The topological polar surface area (TPSA) is 49.4 Å². The molecule has 0 atom stereocenters. The van der Waals surface area contributed by atoms with E-state index in [-0.39, 0.29) is 11.8 Å². The molecular weight excluding hydrogens is 344 g/mol. The van der Waals surface area contributed by atoms with Crippen molar-refractivity contribution in [3.8, 4) is 0 Å². The number of amides is 2. The number of rotatable bonds is 3. The van der Waals surface area contributed by atoms with E-state index in [0.29, 0.717) is 14.1 Å². The molecule has 8 heteroatoms. The fraction of sp³-hybridized carbons (Fsp3) is 0. The zero-order valence-corrected chi connectivity index (χ0v) is 13.7. The van der Waals surface area contributed by atoms with Crippen molar-refractivity contribution < 1.29 is 9.59 Å². The Morgan fingerprint density at radius 3 is 2.67 bits per heavy atom. The maximum Gasteiger partial charge on any atom is 0.285 e. The Bertz CT molecular complexity index is 719. The maximum absolute atomic E-state index is 12.3. The third kappa shape index (κ3) is 3.08. The average molecular weight is 352 g/mol. The molecule has 0 aromatic carbocycles. The Balaban J connectivity index is 1.77. The second-order valence-electron chi connectivity index (χ2n) is 3.95. The van der Waals surface area contributed by atoms with Crippen LogP contribution in [0.2, 0.25) is 0 Å². The predicted octanol–water partition coefficient (Wildman–Crippen LogP) is 3.36. The summed E-state index contributed by atoms with van der Waals surface area (Å²) in [6.45, 7) is 0. The summed E-state index contributed by atoms with van der Waals surface area (Å²) in [5.74, 6) is -0.637. The molecule has 1 aliphatic rings. The molecule has 106 valence electrons. The number of thioether (sulfide) groups is 1. The van der Waals surface area contributed by atoms with Crippen LogP contribution < -0.4 is 5.43 Å². The molecule has 2 aromatic rings. The van der Waals surface area contributed by atoms with Gasteiger partial charge in [0, 0.05) is 4.88 Å². The van der Waals surface area contributed by atoms with Gasteiger partial charge in [0.05, 0.1) is 9.78 Å². The third-order valence-electron chi connectivity index (χ3n) is 2.57. The van der Waals surface area contributed by atoms with Crippen molar-refractivity contribution >= 4 is 68.9 Å². The number of hydrogen-bond acceptors (Lipinski definition) is 6. The van der Waals surface area contributed by atoms with Crippen LogP contribution in [-0.2, 0) is 4.79 Å². The van der Waals surface area contributed by atoms with Crippen LogP contribution in [0.1, 0.15) is 14.5 Å². The summed E-state index contributed by atoms with van der Waals surface area (Å²) in [4.78, 5) is 26.3. The number of hydrazine groups is 1. The van der Waals surface area contributed by atoms with Crippen molar-refractivity contribution in [3.05, 3.63) is 49.7 Å². The van der Waals surface area contributed by atoms with Crippen LogP contribution in [0, 0.1) is 0 Å². The Kier molecular flexibility index (Phi) is 4.20. The van der Waals surface area contributed by atoms with Crippen molar-refractivity contribution in [1.29, 1.82) is 0 Å². The number of thiocarbonyl (C=S) groups is 1.